The third-order valence-corrected chi connectivity index (χ3v) is 10.2. The van der Waals surface area contributed by atoms with Crippen molar-refractivity contribution >= 4 is 78.9 Å². The predicted molar refractivity (Wildman–Crippen MR) is 202 cm³/mol. The van der Waals surface area contributed by atoms with E-state index in [0.29, 0.717) is 20.3 Å². The zero-order valence-corrected chi connectivity index (χ0v) is 34.6. The smallest absolute Gasteiger partial charge is 0.303 e. The van der Waals surface area contributed by atoms with Gasteiger partial charge in [0.1, 0.15) is 47.3 Å². The van der Waals surface area contributed by atoms with E-state index < -0.39 is 77.6 Å². The van der Waals surface area contributed by atoms with Gasteiger partial charge in [0.05, 0.1) is 15.1 Å². The van der Waals surface area contributed by atoms with Crippen LogP contribution in [0.5, 0.6) is 5.75 Å². The van der Waals surface area contributed by atoms with Crippen molar-refractivity contribution in [3.63, 3.8) is 0 Å². The number of carbonyl (C=O) groups excluding carboxylic acids is 3. The Morgan fingerprint density at radius 3 is 2.00 bits per heavy atom. The van der Waals surface area contributed by atoms with E-state index in [0.717, 1.165) is 49.3 Å². The Morgan fingerprint density at radius 2 is 1.45 bits per heavy atom. The maximum atomic E-state index is 13.9. The molecule has 4 aromatic rings. The van der Waals surface area contributed by atoms with Crippen LogP contribution in [0.3, 0.4) is 0 Å². The van der Waals surface area contributed by atoms with E-state index in [9.17, 15) is 36.3 Å². The van der Waals surface area contributed by atoms with Crippen molar-refractivity contribution in [1.29, 1.82) is 0 Å². The van der Waals surface area contributed by atoms with Gasteiger partial charge in [0.15, 0.2) is 29.7 Å². The SMILES string of the molecule is CC(=O)OC[C@H]1O[C@H](Sc2ccc(F)c(Br)c2)[C@H](OC(C)=O)[C@@H](n2cc(-c3cc(F)c(F)c(F)c3)nn2)[C@H]1OC(C)=O.CN(C)C(=S)Oc1ccc(F)c(Br)c1. The van der Waals surface area contributed by atoms with Gasteiger partial charge in [0.25, 0.3) is 5.17 Å². The number of ether oxygens (including phenoxy) is 5. The summed E-state index contributed by atoms with van der Waals surface area (Å²) in [5, 5.41) is 8.29. The highest BCUT2D eigenvalue weighted by molar-refractivity contribution is 9.10. The predicted octanol–water partition coefficient (Wildman–Crippen LogP) is 7.56. The second-order valence-corrected chi connectivity index (χ2v) is 15.1. The van der Waals surface area contributed by atoms with Crippen LogP contribution < -0.4 is 4.74 Å². The number of thiocarbonyl (C=S) groups is 1. The van der Waals surface area contributed by atoms with E-state index >= 15 is 0 Å². The fourth-order valence-corrected chi connectivity index (χ4v) is 7.09. The summed E-state index contributed by atoms with van der Waals surface area (Å²) in [6, 6.07) is 8.75. The van der Waals surface area contributed by atoms with Crippen molar-refractivity contribution in [2.24, 2.45) is 0 Å². The molecule has 5 rings (SSSR count). The van der Waals surface area contributed by atoms with Gasteiger partial charge in [-0.3, -0.25) is 14.4 Å². The van der Waals surface area contributed by atoms with Crippen LogP contribution in [-0.2, 0) is 33.3 Å². The Hall–Kier alpha value is -4.18. The lowest BCUT2D eigenvalue weighted by atomic mass is 9.96. The Labute approximate surface area is 343 Å². The zero-order valence-electron chi connectivity index (χ0n) is 29.8. The van der Waals surface area contributed by atoms with Crippen LogP contribution in [0.4, 0.5) is 22.0 Å². The fraction of sp³-hybridized carbons (Fsp3) is 0.314. The molecule has 12 nitrogen and oxygen atoms in total. The lowest BCUT2D eigenvalue weighted by Gasteiger charge is -2.44. The number of benzene rings is 3. The lowest BCUT2D eigenvalue weighted by molar-refractivity contribution is -0.212. The molecule has 300 valence electrons. The Balaban J connectivity index is 0.000000419. The van der Waals surface area contributed by atoms with Crippen molar-refractivity contribution in [1.82, 2.24) is 19.9 Å². The van der Waals surface area contributed by atoms with Gasteiger partial charge in [0, 0.05) is 45.3 Å². The Kier molecular flexibility index (Phi) is 15.7. The van der Waals surface area contributed by atoms with E-state index in [2.05, 4.69) is 42.2 Å². The van der Waals surface area contributed by atoms with Gasteiger partial charge < -0.3 is 28.6 Å². The molecule has 2 heterocycles. The van der Waals surface area contributed by atoms with Gasteiger partial charge in [0.2, 0.25) is 0 Å². The number of nitrogens with zero attached hydrogens (tertiary/aromatic N) is 4. The summed E-state index contributed by atoms with van der Waals surface area (Å²) in [6.45, 7) is 3.02. The largest absolute Gasteiger partial charge is 0.463 e. The van der Waals surface area contributed by atoms with E-state index in [-0.39, 0.29) is 21.5 Å². The molecule has 0 bridgehead atoms. The summed E-state index contributed by atoms with van der Waals surface area (Å²) in [6.07, 6.45) is -2.46. The molecule has 0 spiro atoms. The van der Waals surface area contributed by atoms with E-state index in [1.165, 1.54) is 42.6 Å². The van der Waals surface area contributed by atoms with Crippen LogP contribution in [0.2, 0.25) is 0 Å². The van der Waals surface area contributed by atoms with Crippen molar-refractivity contribution < 1.29 is 60.0 Å². The molecule has 3 aromatic carbocycles. The van der Waals surface area contributed by atoms with Crippen LogP contribution >= 0.6 is 55.8 Å². The van der Waals surface area contributed by atoms with Crippen LogP contribution in [0.1, 0.15) is 26.8 Å². The van der Waals surface area contributed by atoms with Crippen molar-refractivity contribution in [3.8, 4) is 17.0 Å². The molecule has 1 fully saturated rings. The Morgan fingerprint density at radius 1 is 0.857 bits per heavy atom. The highest BCUT2D eigenvalue weighted by Crippen LogP contribution is 2.42. The molecule has 0 radical (unpaired) electrons. The van der Waals surface area contributed by atoms with Crippen molar-refractivity contribution in [3.05, 3.63) is 92.8 Å². The van der Waals surface area contributed by atoms with Crippen LogP contribution in [-0.4, -0.2) is 87.4 Å². The number of halogens is 7. The Bertz CT molecular complexity index is 2080. The first-order chi connectivity index (χ1) is 26.3. The average Bonchev–Trinajstić information content (AvgIpc) is 3.60. The summed E-state index contributed by atoms with van der Waals surface area (Å²) < 4.78 is 97.6. The minimum atomic E-state index is -1.67. The molecule has 0 N–H and O–H groups in total. The second kappa shape index (κ2) is 19.8. The molecule has 1 aliphatic heterocycles. The minimum absolute atomic E-state index is 0.0920. The number of rotatable bonds is 9. The second-order valence-electron chi connectivity index (χ2n) is 11.9. The van der Waals surface area contributed by atoms with E-state index in [4.69, 9.17) is 35.9 Å². The number of hydrogen-bond donors (Lipinski definition) is 0. The average molecular weight is 955 g/mol. The summed E-state index contributed by atoms with van der Waals surface area (Å²) in [4.78, 5) is 38.2. The van der Waals surface area contributed by atoms with E-state index in [1.807, 2.05) is 0 Å². The van der Waals surface area contributed by atoms with Gasteiger partial charge in [-0.1, -0.05) is 17.0 Å². The monoisotopic (exact) mass is 952 g/mol. The quantitative estimate of drug-likeness (QED) is 0.0538. The molecule has 0 saturated carbocycles. The zero-order chi connectivity index (χ0) is 41.4. The number of carbonyl (C=O) groups is 3. The normalized spacial score (nSPS) is 18.9. The minimum Gasteiger partial charge on any atom is -0.463 e. The van der Waals surface area contributed by atoms with Crippen LogP contribution in [0.25, 0.3) is 11.3 Å². The third kappa shape index (κ3) is 11.9. The standard InChI is InChI=1S/C26H22BrF4N3O7S.C9H9BrFNOS/c1-11(35)38-10-21-24(39-12(2)36)23(34-9-20(32-33-34)14-6-18(29)22(31)19(30)7-14)25(40-13(3)37)26(41-21)42-15-4-5-17(28)16(27)8-15;1-12(2)9(14)13-6-3-4-8(11)7(10)5-6/h4-9,21,23-26H,10H2,1-3H3;3-5H,1-2H3/t21-,23+,24+,25-,26-;/m1./s1. The maximum absolute atomic E-state index is 13.9. The molecular weight excluding hydrogens is 923 g/mol. The van der Waals surface area contributed by atoms with Crippen molar-refractivity contribution in [2.45, 2.75) is 55.5 Å². The summed E-state index contributed by atoms with van der Waals surface area (Å²) >= 11 is 12.1. The number of aromatic nitrogens is 3. The summed E-state index contributed by atoms with van der Waals surface area (Å²) in [5.41, 5.74) is -1.32. The first-order valence-corrected chi connectivity index (χ1v) is 18.9. The van der Waals surface area contributed by atoms with Gasteiger partial charge in [-0.15, -0.1) is 5.10 Å². The summed E-state index contributed by atoms with van der Waals surface area (Å²) in [5.74, 6) is -7.08. The molecule has 56 heavy (non-hydrogen) atoms. The van der Waals surface area contributed by atoms with Crippen LogP contribution in [0.15, 0.2) is 68.6 Å². The number of thioether (sulfide) groups is 1. The molecule has 1 aromatic heterocycles. The maximum Gasteiger partial charge on any atom is 0.303 e. The molecule has 0 amide bonds. The fourth-order valence-electron chi connectivity index (χ4n) is 4.95. The molecule has 1 aliphatic rings. The molecule has 5 atom stereocenters. The molecular formula is C35H31Br2F5N4O8S2. The number of esters is 3. The van der Waals surface area contributed by atoms with Gasteiger partial charge >= 0.3 is 17.9 Å². The first kappa shape index (κ1) is 44.5. The molecule has 21 heteroatoms. The van der Waals surface area contributed by atoms with Crippen LogP contribution in [0, 0.1) is 29.1 Å². The highest BCUT2D eigenvalue weighted by atomic mass is 79.9. The molecule has 0 aliphatic carbocycles. The first-order valence-electron chi connectivity index (χ1n) is 16.0. The molecule has 1 saturated heterocycles. The van der Waals surface area contributed by atoms with Crippen molar-refractivity contribution in [2.75, 3.05) is 20.7 Å². The number of hydrogen-bond acceptors (Lipinski definition) is 12. The molecule has 0 unspecified atom stereocenters. The topological polar surface area (TPSA) is 131 Å². The van der Waals surface area contributed by atoms with Gasteiger partial charge in [-0.2, -0.15) is 0 Å². The van der Waals surface area contributed by atoms with E-state index in [1.54, 1.807) is 19.0 Å². The van der Waals surface area contributed by atoms with Gasteiger partial charge in [-0.05, 0) is 92.6 Å². The van der Waals surface area contributed by atoms with Gasteiger partial charge in [-0.25, -0.2) is 26.6 Å². The highest BCUT2D eigenvalue weighted by Gasteiger charge is 2.52. The third-order valence-electron chi connectivity index (χ3n) is 7.37. The lowest BCUT2D eigenvalue weighted by Crippen LogP contribution is -2.57. The summed E-state index contributed by atoms with van der Waals surface area (Å²) in [7, 11) is 3.56.